The van der Waals surface area contributed by atoms with E-state index in [-0.39, 0.29) is 30.2 Å². The summed E-state index contributed by atoms with van der Waals surface area (Å²) >= 11 is 0. The Hall–Kier alpha value is -3.24. The van der Waals surface area contributed by atoms with Crippen LogP contribution in [-0.2, 0) is 29.1 Å². The molecular formula is C24H28N2O7S. The first kappa shape index (κ1) is 25.4. The maximum atomic E-state index is 12.9. The van der Waals surface area contributed by atoms with Gasteiger partial charge < -0.3 is 14.8 Å². The molecule has 0 aliphatic carbocycles. The summed E-state index contributed by atoms with van der Waals surface area (Å²) in [5.41, 5.74) is 1.88. The molecular weight excluding hydrogens is 460 g/mol. The van der Waals surface area contributed by atoms with E-state index >= 15 is 0 Å². The largest absolute Gasteiger partial charge is 0.462 e. The molecule has 3 rings (SSSR count). The van der Waals surface area contributed by atoms with Crippen LogP contribution in [0.3, 0.4) is 0 Å². The predicted octanol–water partition coefficient (Wildman–Crippen LogP) is 2.75. The van der Waals surface area contributed by atoms with Gasteiger partial charge in [-0.25, -0.2) is 13.2 Å². The van der Waals surface area contributed by atoms with Gasteiger partial charge in [0.05, 0.1) is 23.0 Å². The van der Waals surface area contributed by atoms with E-state index in [0.29, 0.717) is 18.5 Å². The molecule has 0 atom stereocenters. The van der Waals surface area contributed by atoms with Crippen LogP contribution in [0.15, 0.2) is 53.4 Å². The smallest absolute Gasteiger partial charge is 0.338 e. The number of hydrogen-bond acceptors (Lipinski definition) is 7. The third-order valence-corrected chi connectivity index (χ3v) is 7.35. The van der Waals surface area contributed by atoms with E-state index in [0.717, 1.165) is 5.56 Å². The van der Waals surface area contributed by atoms with Crippen molar-refractivity contribution in [1.82, 2.24) is 4.31 Å². The number of sulfonamides is 1. The molecule has 9 nitrogen and oxygen atoms in total. The molecule has 34 heavy (non-hydrogen) atoms. The van der Waals surface area contributed by atoms with Crippen LogP contribution in [0.5, 0.6) is 0 Å². The molecule has 0 saturated carbocycles. The second-order valence-electron chi connectivity index (χ2n) is 7.95. The highest BCUT2D eigenvalue weighted by molar-refractivity contribution is 7.89. The monoisotopic (exact) mass is 488 g/mol. The normalized spacial score (nSPS) is 14.9. The molecule has 0 bridgehead atoms. The highest BCUT2D eigenvalue weighted by Crippen LogP contribution is 2.25. The first-order valence-corrected chi connectivity index (χ1v) is 12.4. The van der Waals surface area contributed by atoms with Gasteiger partial charge in [0.1, 0.15) is 0 Å². The number of nitrogens with zero attached hydrogens (tertiary/aromatic N) is 1. The van der Waals surface area contributed by atoms with Crippen molar-refractivity contribution in [3.63, 3.8) is 0 Å². The van der Waals surface area contributed by atoms with Crippen LogP contribution in [0.4, 0.5) is 5.69 Å². The number of amides is 1. The number of carbonyl (C=O) groups is 3. The minimum Gasteiger partial charge on any atom is -0.462 e. The van der Waals surface area contributed by atoms with Crippen LogP contribution in [0.2, 0.25) is 0 Å². The Bertz CT molecular complexity index is 1140. The van der Waals surface area contributed by atoms with Crippen molar-refractivity contribution >= 4 is 33.6 Å². The third kappa shape index (κ3) is 6.42. The van der Waals surface area contributed by atoms with Crippen LogP contribution in [0, 0.1) is 12.8 Å². The van der Waals surface area contributed by atoms with Gasteiger partial charge in [0, 0.05) is 18.8 Å². The number of nitrogens with one attached hydrogen (secondary N) is 1. The van der Waals surface area contributed by atoms with Crippen LogP contribution >= 0.6 is 0 Å². The Morgan fingerprint density at radius 2 is 1.71 bits per heavy atom. The lowest BCUT2D eigenvalue weighted by atomic mass is 9.98. The van der Waals surface area contributed by atoms with Gasteiger partial charge in [-0.05, 0) is 68.7 Å². The number of benzene rings is 2. The molecule has 2 aromatic carbocycles. The van der Waals surface area contributed by atoms with Gasteiger partial charge in [-0.15, -0.1) is 0 Å². The molecule has 1 aliphatic rings. The number of esters is 2. The predicted molar refractivity (Wildman–Crippen MR) is 125 cm³/mol. The van der Waals surface area contributed by atoms with Gasteiger partial charge in [0.25, 0.3) is 5.91 Å². The summed E-state index contributed by atoms with van der Waals surface area (Å²) in [6, 6.07) is 12.8. The van der Waals surface area contributed by atoms with E-state index < -0.39 is 40.4 Å². The van der Waals surface area contributed by atoms with E-state index in [2.05, 4.69) is 5.32 Å². The molecule has 2 aromatic rings. The Balaban J connectivity index is 1.49. The quantitative estimate of drug-likeness (QED) is 0.568. The molecule has 1 heterocycles. The zero-order valence-corrected chi connectivity index (χ0v) is 20.0. The van der Waals surface area contributed by atoms with Gasteiger partial charge in [-0.3, -0.25) is 9.59 Å². The minimum absolute atomic E-state index is 0.0643. The number of ether oxygens (including phenoxy) is 2. The molecule has 0 radical (unpaired) electrons. The second-order valence-corrected chi connectivity index (χ2v) is 9.89. The first-order chi connectivity index (χ1) is 16.2. The maximum absolute atomic E-state index is 12.9. The van der Waals surface area contributed by atoms with Gasteiger partial charge in [-0.2, -0.15) is 4.31 Å². The molecule has 1 N–H and O–H groups in total. The van der Waals surface area contributed by atoms with Gasteiger partial charge in [-0.1, -0.05) is 12.1 Å². The molecule has 1 fully saturated rings. The zero-order valence-electron chi connectivity index (χ0n) is 19.2. The fraction of sp³-hybridized carbons (Fsp3) is 0.375. The van der Waals surface area contributed by atoms with E-state index in [9.17, 15) is 22.8 Å². The summed E-state index contributed by atoms with van der Waals surface area (Å²) < 4.78 is 37.2. The van der Waals surface area contributed by atoms with E-state index in [1.54, 1.807) is 19.1 Å². The van der Waals surface area contributed by atoms with Crippen molar-refractivity contribution in [3.8, 4) is 0 Å². The zero-order chi connectivity index (χ0) is 24.7. The van der Waals surface area contributed by atoms with Gasteiger partial charge >= 0.3 is 11.9 Å². The number of rotatable bonds is 8. The summed E-state index contributed by atoms with van der Waals surface area (Å²) in [7, 11) is -3.76. The summed E-state index contributed by atoms with van der Waals surface area (Å²) in [6.45, 7) is 3.72. The number of carbonyl (C=O) groups excluding carboxylic acids is 3. The van der Waals surface area contributed by atoms with E-state index in [1.807, 2.05) is 19.1 Å². The number of piperidine rings is 1. The van der Waals surface area contributed by atoms with E-state index in [4.69, 9.17) is 9.47 Å². The number of aryl methyl sites for hydroxylation is 1. The summed E-state index contributed by atoms with van der Waals surface area (Å²) in [5.74, 6) is -1.96. The summed E-state index contributed by atoms with van der Waals surface area (Å²) in [6.07, 6.45) is 0.580. The fourth-order valence-corrected chi connectivity index (χ4v) is 5.10. The van der Waals surface area contributed by atoms with Crippen LogP contribution in [0.1, 0.15) is 35.7 Å². The van der Waals surface area contributed by atoms with Crippen molar-refractivity contribution in [2.24, 2.45) is 5.92 Å². The lowest BCUT2D eigenvalue weighted by Crippen LogP contribution is -2.40. The Morgan fingerprint density at radius 1 is 1.03 bits per heavy atom. The van der Waals surface area contributed by atoms with E-state index in [1.165, 1.54) is 28.6 Å². The number of hydrogen-bond donors (Lipinski definition) is 1. The average Bonchev–Trinajstić information content (AvgIpc) is 2.83. The lowest BCUT2D eigenvalue weighted by molar-refractivity contribution is -0.152. The molecule has 0 spiro atoms. The van der Waals surface area contributed by atoms with Crippen LogP contribution < -0.4 is 5.32 Å². The molecule has 1 aliphatic heterocycles. The fourth-order valence-electron chi connectivity index (χ4n) is 3.63. The molecule has 1 saturated heterocycles. The highest BCUT2D eigenvalue weighted by atomic mass is 32.2. The van der Waals surface area contributed by atoms with Crippen LogP contribution in [0.25, 0.3) is 0 Å². The molecule has 0 aromatic heterocycles. The molecule has 182 valence electrons. The summed E-state index contributed by atoms with van der Waals surface area (Å²) in [5, 5.41) is 2.67. The van der Waals surface area contributed by atoms with Crippen LogP contribution in [-0.4, -0.2) is 56.9 Å². The first-order valence-electron chi connectivity index (χ1n) is 11.0. The van der Waals surface area contributed by atoms with Crippen molar-refractivity contribution < 1.29 is 32.3 Å². The highest BCUT2D eigenvalue weighted by Gasteiger charge is 2.33. The van der Waals surface area contributed by atoms with Crippen molar-refractivity contribution in [1.29, 1.82) is 0 Å². The lowest BCUT2D eigenvalue weighted by Gasteiger charge is -2.30. The van der Waals surface area contributed by atoms with Crippen molar-refractivity contribution in [3.05, 3.63) is 59.7 Å². The Morgan fingerprint density at radius 3 is 2.32 bits per heavy atom. The standard InChI is InChI=1S/C24H28N2O7S/c1-3-32-23(28)18-7-9-21(10-8-18)34(30,31)26-13-11-19(12-14-26)24(29)33-16-22(27)25-20-6-4-5-17(2)15-20/h4-10,15,19H,3,11-14,16H2,1-2H3,(H,25,27). The number of anilines is 1. The molecule has 1 amide bonds. The maximum Gasteiger partial charge on any atom is 0.338 e. The van der Waals surface area contributed by atoms with Crippen molar-refractivity contribution in [2.75, 3.05) is 31.6 Å². The molecule has 10 heteroatoms. The molecule has 0 unspecified atom stereocenters. The van der Waals surface area contributed by atoms with Gasteiger partial charge in [0.15, 0.2) is 6.61 Å². The third-order valence-electron chi connectivity index (χ3n) is 5.44. The summed E-state index contributed by atoms with van der Waals surface area (Å²) in [4.78, 5) is 36.2. The average molecular weight is 489 g/mol. The second kappa shape index (κ2) is 11.3. The minimum atomic E-state index is -3.76. The Labute approximate surface area is 199 Å². The van der Waals surface area contributed by atoms with Gasteiger partial charge in [0.2, 0.25) is 10.0 Å². The SMILES string of the molecule is CCOC(=O)c1ccc(S(=O)(=O)N2CCC(C(=O)OCC(=O)Nc3cccc(C)c3)CC2)cc1. The topological polar surface area (TPSA) is 119 Å². The Kier molecular flexibility index (Phi) is 8.41. The van der Waals surface area contributed by atoms with Crippen molar-refractivity contribution in [2.45, 2.75) is 31.6 Å².